The Kier molecular flexibility index (Phi) is 6.07. The molecule has 3 aromatic carbocycles. The number of hydrogen-bond acceptors (Lipinski definition) is 3. The first-order valence-electron chi connectivity index (χ1n) is 8.54. The maximum Gasteiger partial charge on any atom is 0.120 e. The van der Waals surface area contributed by atoms with E-state index in [0.717, 1.165) is 25.3 Å². The van der Waals surface area contributed by atoms with E-state index in [1.807, 2.05) is 42.5 Å². The van der Waals surface area contributed by atoms with Gasteiger partial charge in [0.25, 0.3) is 0 Å². The van der Waals surface area contributed by atoms with Gasteiger partial charge in [-0.25, -0.2) is 0 Å². The number of phenols is 1. The average molecular weight is 333 g/mol. The SMILES string of the molecule is Oc1ccc(CCNCc2cccc(OCc3ccccc3)c2)cc1. The predicted octanol–water partition coefficient (Wildman–Crippen LogP) is 4.30. The first-order valence-corrected chi connectivity index (χ1v) is 8.54. The van der Waals surface area contributed by atoms with Gasteiger partial charge in [0.2, 0.25) is 0 Å². The van der Waals surface area contributed by atoms with Crippen molar-refractivity contribution in [1.82, 2.24) is 5.32 Å². The first-order chi connectivity index (χ1) is 12.3. The van der Waals surface area contributed by atoms with Crippen LogP contribution in [-0.4, -0.2) is 11.7 Å². The van der Waals surface area contributed by atoms with E-state index in [1.54, 1.807) is 12.1 Å². The van der Waals surface area contributed by atoms with Gasteiger partial charge < -0.3 is 15.2 Å². The topological polar surface area (TPSA) is 41.5 Å². The molecule has 3 heteroatoms. The van der Waals surface area contributed by atoms with Crippen LogP contribution >= 0.6 is 0 Å². The van der Waals surface area contributed by atoms with E-state index in [-0.39, 0.29) is 0 Å². The van der Waals surface area contributed by atoms with Gasteiger partial charge in [-0.15, -0.1) is 0 Å². The van der Waals surface area contributed by atoms with Gasteiger partial charge in [0, 0.05) is 6.54 Å². The van der Waals surface area contributed by atoms with Crippen LogP contribution in [0.3, 0.4) is 0 Å². The Morgan fingerprint density at radius 3 is 2.32 bits per heavy atom. The van der Waals surface area contributed by atoms with Crippen molar-refractivity contribution in [1.29, 1.82) is 0 Å². The lowest BCUT2D eigenvalue weighted by atomic mass is 10.1. The van der Waals surface area contributed by atoms with Gasteiger partial charge in [-0.3, -0.25) is 0 Å². The molecule has 3 nitrogen and oxygen atoms in total. The van der Waals surface area contributed by atoms with Gasteiger partial charge in [-0.1, -0.05) is 54.6 Å². The molecule has 0 spiro atoms. The zero-order chi connectivity index (χ0) is 17.3. The van der Waals surface area contributed by atoms with Crippen LogP contribution in [-0.2, 0) is 19.6 Å². The molecule has 128 valence electrons. The number of nitrogens with one attached hydrogen (secondary N) is 1. The van der Waals surface area contributed by atoms with Gasteiger partial charge >= 0.3 is 0 Å². The Morgan fingerprint density at radius 2 is 1.52 bits per heavy atom. The van der Waals surface area contributed by atoms with E-state index < -0.39 is 0 Å². The lowest BCUT2D eigenvalue weighted by Crippen LogP contribution is -2.16. The van der Waals surface area contributed by atoms with Crippen LogP contribution in [0.2, 0.25) is 0 Å². The van der Waals surface area contributed by atoms with Crippen LogP contribution in [0.25, 0.3) is 0 Å². The molecule has 25 heavy (non-hydrogen) atoms. The highest BCUT2D eigenvalue weighted by Gasteiger charge is 1.99. The standard InChI is InChI=1S/C22H23NO2/c24-21-11-9-18(10-12-21)13-14-23-16-20-7-4-8-22(15-20)25-17-19-5-2-1-3-6-19/h1-12,15,23-24H,13-14,16-17H2. The second kappa shape index (κ2) is 8.90. The summed E-state index contributed by atoms with van der Waals surface area (Å²) in [5, 5.41) is 12.7. The molecule has 0 aliphatic heterocycles. The number of phenolic OH excluding ortho intramolecular Hbond substituents is 1. The smallest absolute Gasteiger partial charge is 0.120 e. The second-order valence-electron chi connectivity index (χ2n) is 6.01. The molecule has 3 rings (SSSR count). The van der Waals surface area contributed by atoms with Crippen LogP contribution in [0.15, 0.2) is 78.9 Å². The van der Waals surface area contributed by atoms with Gasteiger partial charge in [0.05, 0.1) is 0 Å². The summed E-state index contributed by atoms with van der Waals surface area (Å²) in [5.41, 5.74) is 3.58. The monoisotopic (exact) mass is 333 g/mol. The summed E-state index contributed by atoms with van der Waals surface area (Å²) in [6, 6.07) is 25.7. The molecule has 0 fully saturated rings. The van der Waals surface area contributed by atoms with Crippen molar-refractivity contribution in [2.45, 2.75) is 19.6 Å². The molecule has 0 aliphatic rings. The van der Waals surface area contributed by atoms with Crippen molar-refractivity contribution in [3.63, 3.8) is 0 Å². The van der Waals surface area contributed by atoms with Crippen LogP contribution in [0.4, 0.5) is 0 Å². The Bertz CT molecular complexity index is 770. The minimum atomic E-state index is 0.309. The molecule has 2 N–H and O–H groups in total. The van der Waals surface area contributed by atoms with E-state index >= 15 is 0 Å². The summed E-state index contributed by atoms with van der Waals surface area (Å²) in [4.78, 5) is 0. The average Bonchev–Trinajstić information content (AvgIpc) is 2.66. The Balaban J connectivity index is 1.44. The Morgan fingerprint density at radius 1 is 0.760 bits per heavy atom. The zero-order valence-corrected chi connectivity index (χ0v) is 14.2. The third-order valence-corrected chi connectivity index (χ3v) is 4.00. The highest BCUT2D eigenvalue weighted by atomic mass is 16.5. The van der Waals surface area contributed by atoms with E-state index in [9.17, 15) is 5.11 Å². The number of ether oxygens (including phenoxy) is 1. The minimum absolute atomic E-state index is 0.309. The quantitative estimate of drug-likeness (QED) is 0.604. The maximum absolute atomic E-state index is 9.29. The third kappa shape index (κ3) is 5.66. The molecule has 0 heterocycles. The molecule has 0 radical (unpaired) electrons. The number of benzene rings is 3. The minimum Gasteiger partial charge on any atom is -0.508 e. The van der Waals surface area contributed by atoms with Gasteiger partial charge in [0.1, 0.15) is 18.1 Å². The lowest BCUT2D eigenvalue weighted by Gasteiger charge is -2.09. The molecular formula is C22H23NO2. The summed E-state index contributed by atoms with van der Waals surface area (Å²) in [6.07, 6.45) is 0.935. The molecule has 0 amide bonds. The van der Waals surface area contributed by atoms with Crippen molar-refractivity contribution >= 4 is 0 Å². The number of rotatable bonds is 8. The number of aromatic hydroxyl groups is 1. The van der Waals surface area contributed by atoms with Crippen LogP contribution in [0.1, 0.15) is 16.7 Å². The fraction of sp³-hybridized carbons (Fsp3) is 0.182. The summed E-state index contributed by atoms with van der Waals surface area (Å²) in [6.45, 7) is 2.28. The van der Waals surface area contributed by atoms with Gasteiger partial charge in [-0.2, -0.15) is 0 Å². The summed E-state index contributed by atoms with van der Waals surface area (Å²) in [7, 11) is 0. The van der Waals surface area contributed by atoms with Crippen LogP contribution < -0.4 is 10.1 Å². The number of hydrogen-bond donors (Lipinski definition) is 2. The lowest BCUT2D eigenvalue weighted by molar-refractivity contribution is 0.306. The normalized spacial score (nSPS) is 10.6. The van der Waals surface area contributed by atoms with Crippen LogP contribution in [0, 0.1) is 0 Å². The van der Waals surface area contributed by atoms with Crippen molar-refractivity contribution in [3.8, 4) is 11.5 Å². The molecule has 3 aromatic rings. The highest BCUT2D eigenvalue weighted by Crippen LogP contribution is 2.15. The van der Waals surface area contributed by atoms with Crippen LogP contribution in [0.5, 0.6) is 11.5 Å². The fourth-order valence-electron chi connectivity index (χ4n) is 2.61. The Hall–Kier alpha value is -2.78. The second-order valence-corrected chi connectivity index (χ2v) is 6.01. The van der Waals surface area contributed by atoms with Crippen molar-refractivity contribution in [3.05, 3.63) is 95.6 Å². The molecule has 0 saturated carbocycles. The van der Waals surface area contributed by atoms with Crippen molar-refractivity contribution in [2.24, 2.45) is 0 Å². The third-order valence-electron chi connectivity index (χ3n) is 4.00. The summed E-state index contributed by atoms with van der Waals surface area (Å²) in [5.74, 6) is 1.20. The molecule has 0 atom stereocenters. The highest BCUT2D eigenvalue weighted by molar-refractivity contribution is 5.29. The van der Waals surface area contributed by atoms with Crippen molar-refractivity contribution in [2.75, 3.05) is 6.54 Å². The fourth-order valence-corrected chi connectivity index (χ4v) is 2.61. The molecule has 0 unspecified atom stereocenters. The zero-order valence-electron chi connectivity index (χ0n) is 14.2. The predicted molar refractivity (Wildman–Crippen MR) is 101 cm³/mol. The molecule has 0 bridgehead atoms. The largest absolute Gasteiger partial charge is 0.508 e. The molecular weight excluding hydrogens is 310 g/mol. The van der Waals surface area contributed by atoms with Gasteiger partial charge in [0.15, 0.2) is 0 Å². The van der Waals surface area contributed by atoms with E-state index in [2.05, 4.69) is 29.6 Å². The van der Waals surface area contributed by atoms with E-state index in [0.29, 0.717) is 12.4 Å². The summed E-state index contributed by atoms with van der Waals surface area (Å²) >= 11 is 0. The molecule has 0 aromatic heterocycles. The maximum atomic E-state index is 9.29. The van der Waals surface area contributed by atoms with Gasteiger partial charge in [-0.05, 0) is 53.9 Å². The van der Waals surface area contributed by atoms with E-state index in [1.165, 1.54) is 16.7 Å². The molecule has 0 saturated heterocycles. The summed E-state index contributed by atoms with van der Waals surface area (Å²) < 4.78 is 5.87. The molecule has 0 aliphatic carbocycles. The van der Waals surface area contributed by atoms with Crippen molar-refractivity contribution < 1.29 is 9.84 Å². The first kappa shape index (κ1) is 17.1. The Labute approximate surface area is 148 Å². The van der Waals surface area contributed by atoms with E-state index in [4.69, 9.17) is 4.74 Å².